The van der Waals surface area contributed by atoms with Gasteiger partial charge in [-0.05, 0) is 41.0 Å². The average molecular weight is 298 g/mol. The van der Waals surface area contributed by atoms with Crippen molar-refractivity contribution in [2.75, 3.05) is 25.0 Å². The Hall–Kier alpha value is -1.07. The molecule has 4 nitrogen and oxygen atoms in total. The van der Waals surface area contributed by atoms with Gasteiger partial charge in [-0.1, -0.05) is 6.07 Å². The van der Waals surface area contributed by atoms with Gasteiger partial charge in [-0.3, -0.25) is 4.79 Å². The summed E-state index contributed by atoms with van der Waals surface area (Å²) < 4.78 is 0.750. The summed E-state index contributed by atoms with van der Waals surface area (Å²) in [6, 6.07) is 6.11. The van der Waals surface area contributed by atoms with Crippen LogP contribution in [0, 0.1) is 0 Å². The third kappa shape index (κ3) is 2.45. The second-order valence-corrected chi connectivity index (χ2v) is 5.11. The van der Waals surface area contributed by atoms with Gasteiger partial charge in [0.1, 0.15) is 0 Å². The van der Waals surface area contributed by atoms with Crippen LogP contribution in [0.25, 0.3) is 0 Å². The molecule has 0 aliphatic carbocycles. The van der Waals surface area contributed by atoms with Crippen LogP contribution in [0.15, 0.2) is 22.7 Å². The lowest BCUT2D eigenvalue weighted by Crippen LogP contribution is -2.35. The highest BCUT2D eigenvalue weighted by Crippen LogP contribution is 2.28. The van der Waals surface area contributed by atoms with Crippen LogP contribution in [-0.2, 0) is 0 Å². The summed E-state index contributed by atoms with van der Waals surface area (Å²) in [6.45, 7) is 1.97. The number of halogens is 1. The molecule has 1 aliphatic heterocycles. The van der Waals surface area contributed by atoms with Gasteiger partial charge in [0.05, 0.1) is 11.3 Å². The summed E-state index contributed by atoms with van der Waals surface area (Å²) >= 11 is 3.38. The standard InChI is InChI=1S/C12H16BrN3O/c1-16(8-5-6-15-7-8)10-4-2-3-9(13)11(10)12(14)17/h2-4,8,15H,5-7H2,1H3,(H2,14,17). The maximum Gasteiger partial charge on any atom is 0.251 e. The number of carbonyl (C=O) groups is 1. The van der Waals surface area contributed by atoms with Gasteiger partial charge in [0.2, 0.25) is 0 Å². The predicted molar refractivity (Wildman–Crippen MR) is 72.3 cm³/mol. The van der Waals surface area contributed by atoms with Crippen molar-refractivity contribution in [1.82, 2.24) is 5.32 Å². The van der Waals surface area contributed by atoms with E-state index in [0.29, 0.717) is 11.6 Å². The summed E-state index contributed by atoms with van der Waals surface area (Å²) in [6.07, 6.45) is 1.08. The van der Waals surface area contributed by atoms with Crippen molar-refractivity contribution in [3.8, 4) is 0 Å². The summed E-state index contributed by atoms with van der Waals surface area (Å²) in [4.78, 5) is 13.6. The molecule has 0 saturated carbocycles. The molecule has 1 aromatic rings. The van der Waals surface area contributed by atoms with Gasteiger partial charge in [0, 0.05) is 24.1 Å². The Kier molecular flexibility index (Phi) is 3.69. The zero-order valence-electron chi connectivity index (χ0n) is 9.74. The van der Waals surface area contributed by atoms with Crippen molar-refractivity contribution in [1.29, 1.82) is 0 Å². The maximum absolute atomic E-state index is 11.5. The molecule has 1 heterocycles. The molecule has 3 N–H and O–H groups in total. The van der Waals surface area contributed by atoms with Gasteiger partial charge < -0.3 is 16.0 Å². The van der Waals surface area contributed by atoms with E-state index in [9.17, 15) is 4.79 Å². The molecule has 0 radical (unpaired) electrons. The summed E-state index contributed by atoms with van der Waals surface area (Å²) in [5.41, 5.74) is 6.89. The highest BCUT2D eigenvalue weighted by atomic mass is 79.9. The molecule has 0 bridgehead atoms. The Morgan fingerprint density at radius 3 is 2.94 bits per heavy atom. The number of nitrogens with zero attached hydrogens (tertiary/aromatic N) is 1. The number of benzene rings is 1. The summed E-state index contributed by atoms with van der Waals surface area (Å²) in [7, 11) is 2.01. The lowest BCUT2D eigenvalue weighted by molar-refractivity contribution is 0.1000. The quantitative estimate of drug-likeness (QED) is 0.885. The van der Waals surface area contributed by atoms with Crippen LogP contribution >= 0.6 is 15.9 Å². The third-order valence-electron chi connectivity index (χ3n) is 3.20. The van der Waals surface area contributed by atoms with Crippen LogP contribution in [0.1, 0.15) is 16.8 Å². The number of likely N-dealkylation sites (N-methyl/N-ethyl adjacent to an activating group) is 1. The highest BCUT2D eigenvalue weighted by Gasteiger charge is 2.23. The molecule has 1 aromatic carbocycles. The second-order valence-electron chi connectivity index (χ2n) is 4.26. The Morgan fingerprint density at radius 2 is 2.35 bits per heavy atom. The van der Waals surface area contributed by atoms with Crippen LogP contribution < -0.4 is 16.0 Å². The van der Waals surface area contributed by atoms with E-state index in [4.69, 9.17) is 5.73 Å². The van der Waals surface area contributed by atoms with E-state index >= 15 is 0 Å². The minimum absolute atomic E-state index is 0.398. The first kappa shape index (κ1) is 12.4. The molecule has 0 spiro atoms. The van der Waals surface area contributed by atoms with Crippen molar-refractivity contribution in [3.05, 3.63) is 28.2 Å². The minimum Gasteiger partial charge on any atom is -0.370 e. The molecule has 92 valence electrons. The zero-order valence-corrected chi connectivity index (χ0v) is 11.3. The van der Waals surface area contributed by atoms with Gasteiger partial charge in [0.15, 0.2) is 0 Å². The van der Waals surface area contributed by atoms with Crippen LogP contribution in [0.4, 0.5) is 5.69 Å². The molecular formula is C12H16BrN3O. The van der Waals surface area contributed by atoms with Crippen LogP contribution in [0.3, 0.4) is 0 Å². The van der Waals surface area contributed by atoms with Crippen molar-refractivity contribution in [2.24, 2.45) is 5.73 Å². The fraction of sp³-hybridized carbons (Fsp3) is 0.417. The van der Waals surface area contributed by atoms with Crippen LogP contribution in [0.2, 0.25) is 0 Å². The van der Waals surface area contributed by atoms with E-state index < -0.39 is 5.91 Å². The Balaban J connectivity index is 2.36. The van der Waals surface area contributed by atoms with Crippen molar-refractivity contribution in [2.45, 2.75) is 12.5 Å². The van der Waals surface area contributed by atoms with Gasteiger partial charge in [-0.25, -0.2) is 0 Å². The fourth-order valence-electron chi connectivity index (χ4n) is 2.22. The Morgan fingerprint density at radius 1 is 1.59 bits per heavy atom. The average Bonchev–Trinajstić information content (AvgIpc) is 2.80. The molecule has 1 fully saturated rings. The molecule has 5 heteroatoms. The van der Waals surface area contributed by atoms with E-state index in [1.54, 1.807) is 0 Å². The SMILES string of the molecule is CN(c1cccc(Br)c1C(N)=O)C1CCNC1. The number of hydrogen-bond acceptors (Lipinski definition) is 3. The van der Waals surface area contributed by atoms with Gasteiger partial charge in [0.25, 0.3) is 5.91 Å². The van der Waals surface area contributed by atoms with E-state index in [0.717, 1.165) is 29.7 Å². The molecule has 1 atom stereocenters. The van der Waals surface area contributed by atoms with Crippen LogP contribution in [-0.4, -0.2) is 32.1 Å². The molecular weight excluding hydrogens is 282 g/mol. The first-order valence-electron chi connectivity index (χ1n) is 5.63. The lowest BCUT2D eigenvalue weighted by atomic mass is 10.1. The Labute approximate surface area is 109 Å². The zero-order chi connectivity index (χ0) is 12.4. The fourth-order valence-corrected chi connectivity index (χ4v) is 2.77. The number of anilines is 1. The number of hydrogen-bond donors (Lipinski definition) is 2. The smallest absolute Gasteiger partial charge is 0.251 e. The highest BCUT2D eigenvalue weighted by molar-refractivity contribution is 9.10. The lowest BCUT2D eigenvalue weighted by Gasteiger charge is -2.27. The topological polar surface area (TPSA) is 58.4 Å². The molecule has 1 amide bonds. The van der Waals surface area contributed by atoms with E-state index in [2.05, 4.69) is 26.1 Å². The number of primary amides is 1. The third-order valence-corrected chi connectivity index (χ3v) is 3.86. The first-order valence-corrected chi connectivity index (χ1v) is 6.42. The second kappa shape index (κ2) is 5.06. The van der Waals surface area contributed by atoms with Crippen molar-refractivity contribution in [3.63, 3.8) is 0 Å². The number of nitrogens with two attached hydrogens (primary N) is 1. The molecule has 1 saturated heterocycles. The largest absolute Gasteiger partial charge is 0.370 e. The normalized spacial score (nSPS) is 19.3. The number of amides is 1. The molecule has 17 heavy (non-hydrogen) atoms. The first-order chi connectivity index (χ1) is 8.11. The molecule has 0 aromatic heterocycles. The summed E-state index contributed by atoms with van der Waals surface area (Å²) in [5.74, 6) is -0.398. The van der Waals surface area contributed by atoms with E-state index in [-0.39, 0.29) is 0 Å². The maximum atomic E-state index is 11.5. The Bertz CT molecular complexity index is 430. The van der Waals surface area contributed by atoms with Crippen molar-refractivity contribution < 1.29 is 4.79 Å². The van der Waals surface area contributed by atoms with Gasteiger partial charge >= 0.3 is 0 Å². The summed E-state index contributed by atoms with van der Waals surface area (Å²) in [5, 5.41) is 3.32. The number of rotatable bonds is 3. The molecule has 1 unspecified atom stereocenters. The van der Waals surface area contributed by atoms with Gasteiger partial charge in [-0.15, -0.1) is 0 Å². The minimum atomic E-state index is -0.398. The van der Waals surface area contributed by atoms with Crippen LogP contribution in [0.5, 0.6) is 0 Å². The molecule has 2 rings (SSSR count). The van der Waals surface area contributed by atoms with E-state index in [1.807, 2.05) is 25.2 Å². The number of carbonyl (C=O) groups excluding carboxylic acids is 1. The molecule has 1 aliphatic rings. The predicted octanol–water partition coefficient (Wildman–Crippen LogP) is 1.35. The number of nitrogens with one attached hydrogen (secondary N) is 1. The monoisotopic (exact) mass is 297 g/mol. The van der Waals surface area contributed by atoms with Crippen molar-refractivity contribution >= 4 is 27.5 Å². The van der Waals surface area contributed by atoms with E-state index in [1.165, 1.54) is 0 Å². The van der Waals surface area contributed by atoms with Gasteiger partial charge in [-0.2, -0.15) is 0 Å².